The van der Waals surface area contributed by atoms with Crippen molar-refractivity contribution in [3.8, 4) is 16.9 Å². The molecule has 0 aliphatic carbocycles. The summed E-state index contributed by atoms with van der Waals surface area (Å²) in [5.41, 5.74) is 3.94. The summed E-state index contributed by atoms with van der Waals surface area (Å²) >= 11 is 6.04. The molecule has 0 spiro atoms. The van der Waals surface area contributed by atoms with Crippen LogP contribution in [0.1, 0.15) is 23.0 Å². The highest BCUT2D eigenvalue weighted by Gasteiger charge is 2.22. The first-order valence-electron chi connectivity index (χ1n) is 8.81. The predicted octanol–water partition coefficient (Wildman–Crippen LogP) is 5.89. The van der Waals surface area contributed by atoms with Gasteiger partial charge in [0.05, 0.1) is 12.2 Å². The molecule has 2 aromatic heterocycles. The molecule has 0 atom stereocenters. The van der Waals surface area contributed by atoms with Gasteiger partial charge >= 0.3 is 0 Å². The number of carbonyl (C=O) groups excluding carboxylic acids is 1. The number of pyridine rings is 1. The average Bonchev–Trinajstić information content (AvgIpc) is 3.08. The normalized spacial score (nSPS) is 10.9. The molecule has 2 aromatic carbocycles. The molecule has 4 rings (SSSR count). The minimum atomic E-state index is -0.0739. The van der Waals surface area contributed by atoms with Gasteiger partial charge in [-0.15, -0.1) is 0 Å². The summed E-state index contributed by atoms with van der Waals surface area (Å²) in [6.45, 7) is 2.41. The van der Waals surface area contributed by atoms with Gasteiger partial charge in [0.2, 0.25) is 5.78 Å². The summed E-state index contributed by atoms with van der Waals surface area (Å²) in [5, 5.41) is 0.664. The number of ketones is 1. The maximum atomic E-state index is 13.6. The van der Waals surface area contributed by atoms with Gasteiger partial charge in [0.25, 0.3) is 0 Å². The standard InChI is InChI=1S/C23H18ClNO2/c1-2-27-21-9-4-3-8-19(21)23(26)22-20(16-10-12-17(24)13-11-16)15-18-7-5-6-14-25(18)22/h3-15H,2H2,1H3. The van der Waals surface area contributed by atoms with Crippen LogP contribution in [-0.2, 0) is 0 Å². The Morgan fingerprint density at radius 2 is 1.74 bits per heavy atom. The summed E-state index contributed by atoms with van der Waals surface area (Å²) in [6.07, 6.45) is 1.91. The number of ether oxygens (including phenoxy) is 1. The van der Waals surface area contributed by atoms with Crippen molar-refractivity contribution < 1.29 is 9.53 Å². The van der Waals surface area contributed by atoms with E-state index >= 15 is 0 Å². The zero-order valence-electron chi connectivity index (χ0n) is 14.9. The van der Waals surface area contributed by atoms with Crippen molar-refractivity contribution in [1.82, 2.24) is 4.40 Å². The van der Waals surface area contributed by atoms with Crippen molar-refractivity contribution in [3.05, 3.63) is 95.3 Å². The van der Waals surface area contributed by atoms with Crippen LogP contribution >= 0.6 is 11.6 Å². The molecule has 0 aliphatic heterocycles. The second-order valence-electron chi connectivity index (χ2n) is 6.17. The summed E-state index contributed by atoms with van der Waals surface area (Å²) in [6, 6.07) is 22.8. The van der Waals surface area contributed by atoms with Crippen molar-refractivity contribution in [2.45, 2.75) is 6.92 Å². The fourth-order valence-electron chi connectivity index (χ4n) is 3.27. The Kier molecular flexibility index (Phi) is 4.69. The number of hydrogen-bond acceptors (Lipinski definition) is 2. The fraction of sp³-hybridized carbons (Fsp3) is 0.0870. The molecule has 0 radical (unpaired) electrons. The third-order valence-corrected chi connectivity index (χ3v) is 4.73. The largest absolute Gasteiger partial charge is 0.493 e. The van der Waals surface area contributed by atoms with E-state index in [0.29, 0.717) is 28.6 Å². The third kappa shape index (κ3) is 3.22. The van der Waals surface area contributed by atoms with Crippen molar-refractivity contribution >= 4 is 22.9 Å². The van der Waals surface area contributed by atoms with Crippen LogP contribution in [-0.4, -0.2) is 16.8 Å². The van der Waals surface area contributed by atoms with E-state index in [1.165, 1.54) is 0 Å². The van der Waals surface area contributed by atoms with E-state index in [2.05, 4.69) is 0 Å². The van der Waals surface area contributed by atoms with Gasteiger partial charge in [-0.1, -0.05) is 41.9 Å². The zero-order chi connectivity index (χ0) is 18.8. The number of halogens is 1. The Labute approximate surface area is 162 Å². The van der Waals surface area contributed by atoms with Gasteiger partial charge in [-0.2, -0.15) is 0 Å². The molecule has 2 heterocycles. The molecule has 4 heteroatoms. The van der Waals surface area contributed by atoms with Gasteiger partial charge in [-0.3, -0.25) is 4.79 Å². The van der Waals surface area contributed by atoms with Crippen LogP contribution < -0.4 is 4.74 Å². The number of fused-ring (bicyclic) bond motifs is 1. The van der Waals surface area contributed by atoms with Crippen LogP contribution in [0.2, 0.25) is 5.02 Å². The van der Waals surface area contributed by atoms with Crippen LogP contribution in [0.4, 0.5) is 0 Å². The van der Waals surface area contributed by atoms with Crippen LogP contribution in [0.15, 0.2) is 79.0 Å². The van der Waals surface area contributed by atoms with Gasteiger partial charge in [0.1, 0.15) is 11.4 Å². The van der Waals surface area contributed by atoms with Crippen molar-refractivity contribution in [2.75, 3.05) is 6.61 Å². The predicted molar refractivity (Wildman–Crippen MR) is 109 cm³/mol. The van der Waals surface area contributed by atoms with E-state index in [1.807, 2.05) is 84.3 Å². The van der Waals surface area contributed by atoms with Crippen molar-refractivity contribution in [1.29, 1.82) is 0 Å². The highest BCUT2D eigenvalue weighted by molar-refractivity contribution is 6.30. The lowest BCUT2D eigenvalue weighted by molar-refractivity contribution is 0.103. The zero-order valence-corrected chi connectivity index (χ0v) is 15.6. The van der Waals surface area contributed by atoms with Crippen LogP contribution in [0, 0.1) is 0 Å². The summed E-state index contributed by atoms with van der Waals surface area (Å²) < 4.78 is 7.61. The van der Waals surface area contributed by atoms with Gasteiger partial charge in [-0.05, 0) is 55.0 Å². The fourth-order valence-corrected chi connectivity index (χ4v) is 3.39. The second kappa shape index (κ2) is 7.29. The SMILES string of the molecule is CCOc1ccccc1C(=O)c1c(-c2ccc(Cl)cc2)cc2ccccn12. The lowest BCUT2D eigenvalue weighted by Gasteiger charge is -2.11. The second-order valence-corrected chi connectivity index (χ2v) is 6.60. The van der Waals surface area contributed by atoms with Gasteiger partial charge in [-0.25, -0.2) is 0 Å². The monoisotopic (exact) mass is 375 g/mol. The molecule has 4 aromatic rings. The van der Waals surface area contributed by atoms with Crippen molar-refractivity contribution in [2.24, 2.45) is 0 Å². The molecule has 3 nitrogen and oxygen atoms in total. The molecule has 0 N–H and O–H groups in total. The van der Waals surface area contributed by atoms with Crippen LogP contribution in [0.25, 0.3) is 16.6 Å². The van der Waals surface area contributed by atoms with E-state index in [9.17, 15) is 4.79 Å². The molecule has 27 heavy (non-hydrogen) atoms. The van der Waals surface area contributed by atoms with E-state index in [0.717, 1.165) is 16.6 Å². The highest BCUT2D eigenvalue weighted by Crippen LogP contribution is 2.32. The third-order valence-electron chi connectivity index (χ3n) is 4.48. The average molecular weight is 376 g/mol. The minimum Gasteiger partial charge on any atom is -0.493 e. The molecular formula is C23H18ClNO2. The van der Waals surface area contributed by atoms with E-state index in [4.69, 9.17) is 16.3 Å². The molecular weight excluding hydrogens is 358 g/mol. The van der Waals surface area contributed by atoms with E-state index in [1.54, 1.807) is 6.07 Å². The van der Waals surface area contributed by atoms with E-state index in [-0.39, 0.29) is 5.78 Å². The van der Waals surface area contributed by atoms with Gasteiger partial charge in [0.15, 0.2) is 0 Å². The minimum absolute atomic E-state index is 0.0739. The number of aromatic nitrogens is 1. The Bertz CT molecular complexity index is 1110. The summed E-state index contributed by atoms with van der Waals surface area (Å²) in [7, 11) is 0. The number of hydrogen-bond donors (Lipinski definition) is 0. The summed E-state index contributed by atoms with van der Waals surface area (Å²) in [5.74, 6) is 0.521. The Balaban J connectivity index is 1.94. The Morgan fingerprint density at radius 1 is 1.00 bits per heavy atom. The Hall–Kier alpha value is -3.04. The Morgan fingerprint density at radius 3 is 2.52 bits per heavy atom. The molecule has 0 fully saturated rings. The maximum absolute atomic E-state index is 13.6. The smallest absolute Gasteiger partial charge is 0.214 e. The molecule has 0 amide bonds. The first-order valence-corrected chi connectivity index (χ1v) is 9.19. The van der Waals surface area contributed by atoms with Crippen LogP contribution in [0.5, 0.6) is 5.75 Å². The first-order chi connectivity index (χ1) is 13.2. The van der Waals surface area contributed by atoms with Crippen LogP contribution in [0.3, 0.4) is 0 Å². The number of rotatable bonds is 5. The molecule has 134 valence electrons. The molecule has 0 saturated carbocycles. The lowest BCUT2D eigenvalue weighted by atomic mass is 9.99. The number of nitrogens with zero attached hydrogens (tertiary/aromatic N) is 1. The van der Waals surface area contributed by atoms with Crippen molar-refractivity contribution in [3.63, 3.8) is 0 Å². The number of para-hydroxylation sites is 1. The van der Waals surface area contributed by atoms with Gasteiger partial charge in [0, 0.05) is 22.3 Å². The topological polar surface area (TPSA) is 30.7 Å². The molecule has 0 aliphatic rings. The molecule has 0 bridgehead atoms. The lowest BCUT2D eigenvalue weighted by Crippen LogP contribution is -2.09. The van der Waals surface area contributed by atoms with E-state index < -0.39 is 0 Å². The number of benzene rings is 2. The highest BCUT2D eigenvalue weighted by atomic mass is 35.5. The van der Waals surface area contributed by atoms with Gasteiger partial charge < -0.3 is 9.14 Å². The maximum Gasteiger partial charge on any atom is 0.214 e. The molecule has 0 saturated heterocycles. The first kappa shape index (κ1) is 17.4. The quantitative estimate of drug-likeness (QED) is 0.407. The summed E-state index contributed by atoms with van der Waals surface area (Å²) in [4.78, 5) is 13.6. The molecule has 0 unspecified atom stereocenters. The number of carbonyl (C=O) groups is 1.